The fourth-order valence-electron chi connectivity index (χ4n) is 12.0. The van der Waals surface area contributed by atoms with Crippen molar-refractivity contribution in [1.82, 2.24) is 0 Å². The number of ether oxygens (including phenoxy) is 4. The summed E-state index contributed by atoms with van der Waals surface area (Å²) in [7, 11) is 5.99. The highest BCUT2D eigenvalue weighted by atomic mass is 16.7. The van der Waals surface area contributed by atoms with E-state index in [2.05, 4.69) is 184 Å². The van der Waals surface area contributed by atoms with Crippen molar-refractivity contribution in [2.45, 2.75) is 373 Å². The monoisotopic (exact) mass is 1460 g/mol. The van der Waals surface area contributed by atoms with Crippen molar-refractivity contribution in [3.8, 4) is 0 Å². The summed E-state index contributed by atoms with van der Waals surface area (Å²) in [5.74, 6) is -1.99. The van der Waals surface area contributed by atoms with Crippen LogP contribution in [0.4, 0.5) is 0 Å². The molecule has 0 rings (SSSR count). The Balaban J connectivity index is 4.00. The van der Waals surface area contributed by atoms with Crippen molar-refractivity contribution < 1.29 is 42.9 Å². The molecule has 0 saturated carbocycles. The maximum absolute atomic E-state index is 13.0. The van der Waals surface area contributed by atoms with Crippen LogP contribution in [0.2, 0.25) is 0 Å². The standard InChI is InChI=1S/C96H161NO8/c1-6-8-10-12-14-16-18-20-22-24-26-28-30-32-34-36-38-40-42-44-46-47-49-51-53-55-57-59-61-63-65-67-69-71-73-75-77-79-81-83-85-87-94(99)105-92(91-104-96(95(100)101)102-89-88-97(3,4)5)90-103-93(98)86-84-82-80-78-76-74-72-70-68-66-64-62-60-58-56-54-52-50-48-45-43-41-39-37-35-33-31-29-27-25-23-21-19-17-15-13-11-9-7-2/h8-11,14-17,20-23,26-29,32-35,38-41,44,46,49,51,92,96H,6-7,12-13,18-19,24-25,30-31,36-37,42-43,45,47-48,50,52-91H2,1-5H3/p+1/b10-8-,11-9-,16-14-,17-15-,22-20-,23-21-,28-26-,29-27-,34-32-,35-33-,40-38-,41-39-,46-44-,51-49-. The minimum Gasteiger partial charge on any atom is -0.477 e. The maximum atomic E-state index is 13.0. The Bertz CT molecular complexity index is 2350. The summed E-state index contributed by atoms with van der Waals surface area (Å²) in [6.45, 7) is 4.68. The first kappa shape index (κ1) is 99.7. The minimum atomic E-state index is -1.52. The number of likely N-dealkylation sites (N-methyl/N-ethyl adjacent to an activating group) is 1. The minimum absolute atomic E-state index is 0.184. The molecule has 1 N–H and O–H groups in total. The molecule has 0 fully saturated rings. The summed E-state index contributed by atoms with van der Waals surface area (Å²) < 4.78 is 23.1. The molecule has 0 aliphatic heterocycles. The normalized spacial score (nSPS) is 13.5. The lowest BCUT2D eigenvalue weighted by Gasteiger charge is -2.25. The van der Waals surface area contributed by atoms with E-state index in [4.69, 9.17) is 18.9 Å². The summed E-state index contributed by atoms with van der Waals surface area (Å²) in [6, 6.07) is 0. The zero-order valence-corrected chi connectivity index (χ0v) is 68.6. The molecule has 598 valence electrons. The summed E-state index contributed by atoms with van der Waals surface area (Å²) >= 11 is 0. The summed E-state index contributed by atoms with van der Waals surface area (Å²) in [5.41, 5.74) is 0. The van der Waals surface area contributed by atoms with E-state index in [0.717, 1.165) is 128 Å². The smallest absolute Gasteiger partial charge is 0.361 e. The molecule has 0 saturated heterocycles. The molecule has 105 heavy (non-hydrogen) atoms. The van der Waals surface area contributed by atoms with Gasteiger partial charge in [0.15, 0.2) is 6.10 Å². The third-order valence-electron chi connectivity index (χ3n) is 18.5. The van der Waals surface area contributed by atoms with E-state index in [1.165, 1.54) is 205 Å². The Hall–Kier alpha value is -5.35. The zero-order valence-electron chi connectivity index (χ0n) is 68.6. The van der Waals surface area contributed by atoms with Gasteiger partial charge in [0.25, 0.3) is 6.29 Å². The van der Waals surface area contributed by atoms with Crippen LogP contribution in [0.3, 0.4) is 0 Å². The van der Waals surface area contributed by atoms with E-state index in [1.54, 1.807) is 0 Å². The number of hydrogen-bond donors (Lipinski definition) is 1. The Morgan fingerprint density at radius 3 is 0.762 bits per heavy atom. The first-order chi connectivity index (χ1) is 51.6. The highest BCUT2D eigenvalue weighted by Gasteiger charge is 2.25. The van der Waals surface area contributed by atoms with Crippen LogP contribution in [0.5, 0.6) is 0 Å². The number of nitrogens with zero attached hydrogens (tertiary/aromatic N) is 1. The molecule has 0 heterocycles. The molecular formula is C96H162NO8+. The number of carboxylic acids is 1. The van der Waals surface area contributed by atoms with E-state index >= 15 is 0 Å². The second-order valence-corrected chi connectivity index (χ2v) is 29.7. The van der Waals surface area contributed by atoms with Crippen LogP contribution in [0.1, 0.15) is 361 Å². The van der Waals surface area contributed by atoms with Gasteiger partial charge in [-0.25, -0.2) is 4.79 Å². The van der Waals surface area contributed by atoms with Crippen molar-refractivity contribution in [3.63, 3.8) is 0 Å². The number of esters is 2. The topological polar surface area (TPSA) is 108 Å². The van der Waals surface area contributed by atoms with Crippen LogP contribution in [-0.4, -0.2) is 87.4 Å². The van der Waals surface area contributed by atoms with Gasteiger partial charge in [0.1, 0.15) is 13.2 Å². The van der Waals surface area contributed by atoms with Crippen LogP contribution in [0.25, 0.3) is 0 Å². The van der Waals surface area contributed by atoms with Gasteiger partial charge in [-0.1, -0.05) is 389 Å². The van der Waals surface area contributed by atoms with Gasteiger partial charge >= 0.3 is 17.9 Å². The number of unbranched alkanes of at least 4 members (excludes halogenated alkanes) is 36. The van der Waals surface area contributed by atoms with Crippen molar-refractivity contribution in [1.29, 1.82) is 0 Å². The lowest BCUT2D eigenvalue weighted by atomic mass is 10.0. The molecule has 2 unspecified atom stereocenters. The molecule has 0 radical (unpaired) electrons. The molecule has 0 aromatic rings. The Morgan fingerprint density at radius 2 is 0.514 bits per heavy atom. The first-order valence-corrected chi connectivity index (χ1v) is 43.3. The third kappa shape index (κ3) is 85.8. The number of rotatable bonds is 79. The van der Waals surface area contributed by atoms with Crippen LogP contribution in [0, 0.1) is 0 Å². The molecule has 0 bridgehead atoms. The summed E-state index contributed by atoms with van der Waals surface area (Å²) in [5, 5.41) is 9.79. The molecule has 0 spiro atoms. The molecule has 0 aromatic heterocycles. The maximum Gasteiger partial charge on any atom is 0.361 e. The van der Waals surface area contributed by atoms with Crippen molar-refractivity contribution in [3.05, 3.63) is 170 Å². The average molecular weight is 1460 g/mol. The molecular weight excluding hydrogens is 1300 g/mol. The summed E-state index contributed by atoms with van der Waals surface area (Å²) in [4.78, 5) is 37.8. The number of carboxylic acid groups (broad SMARTS) is 1. The number of carbonyl (C=O) groups excluding carboxylic acids is 2. The van der Waals surface area contributed by atoms with Gasteiger partial charge in [0.05, 0.1) is 34.4 Å². The van der Waals surface area contributed by atoms with E-state index < -0.39 is 24.3 Å². The number of aliphatic carboxylic acids is 1. The van der Waals surface area contributed by atoms with E-state index in [0.29, 0.717) is 17.4 Å². The average Bonchev–Trinajstić information content (AvgIpc) is 1.18. The van der Waals surface area contributed by atoms with Gasteiger partial charge in [-0.3, -0.25) is 9.59 Å². The molecule has 9 heteroatoms. The number of quaternary nitrogens is 1. The Labute approximate surface area is 647 Å². The number of allylic oxidation sites excluding steroid dienone is 28. The van der Waals surface area contributed by atoms with E-state index in [1.807, 2.05) is 21.1 Å². The number of carbonyl (C=O) groups is 3. The molecule has 2 atom stereocenters. The molecule has 0 aliphatic carbocycles. The Morgan fingerprint density at radius 1 is 0.286 bits per heavy atom. The highest BCUT2D eigenvalue weighted by molar-refractivity contribution is 5.71. The third-order valence-corrected chi connectivity index (χ3v) is 18.5. The second kappa shape index (κ2) is 84.3. The van der Waals surface area contributed by atoms with Crippen LogP contribution >= 0.6 is 0 Å². The highest BCUT2D eigenvalue weighted by Crippen LogP contribution is 2.19. The molecule has 9 nitrogen and oxygen atoms in total. The van der Waals surface area contributed by atoms with Crippen molar-refractivity contribution in [2.75, 3.05) is 47.5 Å². The van der Waals surface area contributed by atoms with Crippen LogP contribution in [-0.2, 0) is 33.3 Å². The van der Waals surface area contributed by atoms with Crippen molar-refractivity contribution in [2.24, 2.45) is 0 Å². The lowest BCUT2D eigenvalue weighted by molar-refractivity contribution is -0.870. The quantitative estimate of drug-likeness (QED) is 0.0211. The van der Waals surface area contributed by atoms with Crippen LogP contribution < -0.4 is 0 Å². The molecule has 0 aromatic carbocycles. The second-order valence-electron chi connectivity index (χ2n) is 29.7. The fourth-order valence-corrected chi connectivity index (χ4v) is 12.0. The Kier molecular flexibility index (Phi) is 80.0. The van der Waals surface area contributed by atoms with Crippen molar-refractivity contribution >= 4 is 17.9 Å². The molecule has 0 amide bonds. The van der Waals surface area contributed by atoms with E-state index in [-0.39, 0.29) is 32.2 Å². The fraction of sp³-hybridized carbons (Fsp3) is 0.677. The SMILES string of the molecule is CC/C=C\C/C=C\C/C=C\C/C=C\C/C=C\C/C=C\C/C=C\C/C=C\CCCCCCCCCCCCCCCCCCC(=O)OC(COC(=O)CCCCCCCCCCCCCCCCCCCCCC/C=C\C/C=C\C/C=C\C/C=C\C/C=C\C/C=C\CC)COC(OCC[N+](C)(C)C)C(=O)O. The van der Waals surface area contributed by atoms with Gasteiger partial charge in [-0.2, -0.15) is 0 Å². The largest absolute Gasteiger partial charge is 0.477 e. The van der Waals surface area contributed by atoms with Crippen LogP contribution in [0.15, 0.2) is 170 Å². The predicted octanol–water partition coefficient (Wildman–Crippen LogP) is 28.5. The zero-order chi connectivity index (χ0) is 76.0. The summed E-state index contributed by atoms with van der Waals surface area (Å²) in [6.07, 6.45) is 124. The van der Waals surface area contributed by atoms with Gasteiger partial charge in [-0.05, 0) is 128 Å². The predicted molar refractivity (Wildman–Crippen MR) is 456 cm³/mol. The van der Waals surface area contributed by atoms with Gasteiger partial charge in [-0.15, -0.1) is 0 Å². The van der Waals surface area contributed by atoms with Gasteiger partial charge in [0.2, 0.25) is 0 Å². The number of hydrogen-bond acceptors (Lipinski definition) is 7. The molecule has 0 aliphatic rings. The van der Waals surface area contributed by atoms with E-state index in [9.17, 15) is 19.5 Å². The van der Waals surface area contributed by atoms with Gasteiger partial charge < -0.3 is 28.5 Å². The lowest BCUT2D eigenvalue weighted by Crippen LogP contribution is -2.40. The van der Waals surface area contributed by atoms with Gasteiger partial charge in [0, 0.05) is 12.8 Å². The first-order valence-electron chi connectivity index (χ1n) is 43.3.